The lowest BCUT2D eigenvalue weighted by molar-refractivity contribution is -0.130. The number of nitrogens with one attached hydrogen (secondary N) is 1. The number of aromatic nitrogens is 3. The van der Waals surface area contributed by atoms with Crippen molar-refractivity contribution in [3.63, 3.8) is 0 Å². The second-order valence-electron chi connectivity index (χ2n) is 10.7. The first-order chi connectivity index (χ1) is 21.1. The summed E-state index contributed by atoms with van der Waals surface area (Å²) in [6.07, 6.45) is -6.21. The van der Waals surface area contributed by atoms with Crippen molar-refractivity contribution in [3.05, 3.63) is 47.5 Å². The van der Waals surface area contributed by atoms with Gasteiger partial charge in [0.05, 0.1) is 6.04 Å². The van der Waals surface area contributed by atoms with E-state index in [-0.39, 0.29) is 36.3 Å². The number of fused-ring (bicyclic) bond motifs is 2. The molecule has 6 nitrogen and oxygen atoms in total. The molecule has 37 heavy (non-hydrogen) atoms. The number of hydrogen-bond donors (Lipinski definition) is 1. The number of carbonyl (C=O) groups excluding carboxylic acids is 1. The van der Waals surface area contributed by atoms with Crippen molar-refractivity contribution in [3.8, 4) is 0 Å². The van der Waals surface area contributed by atoms with E-state index < -0.39 is 62.7 Å². The zero-order chi connectivity index (χ0) is 34.0. The third-order valence-corrected chi connectivity index (χ3v) is 7.70. The smallest absolute Gasteiger partial charge is 0.248 e. The van der Waals surface area contributed by atoms with Crippen LogP contribution in [0.25, 0.3) is 0 Å². The van der Waals surface area contributed by atoms with Crippen molar-refractivity contribution < 1.29 is 25.9 Å². The highest BCUT2D eigenvalue weighted by atomic mass is 19.3. The molecule has 1 aromatic carbocycles. The van der Waals surface area contributed by atoms with Gasteiger partial charge in [0.2, 0.25) is 11.8 Å². The highest BCUT2D eigenvalue weighted by Gasteiger charge is 2.42. The van der Waals surface area contributed by atoms with E-state index in [0.717, 1.165) is 0 Å². The van der Waals surface area contributed by atoms with Gasteiger partial charge in [-0.2, -0.15) is 0 Å². The third-order valence-electron chi connectivity index (χ3n) is 7.70. The molecule has 2 aliphatic heterocycles. The molecule has 5 rings (SSSR count). The fraction of sp³-hybridized carbons (Fsp3) is 0.690. The summed E-state index contributed by atoms with van der Waals surface area (Å²) in [5.74, 6) is -6.30. The number of hydrogen-bond acceptors (Lipinski definition) is 4. The van der Waals surface area contributed by atoms with Crippen LogP contribution < -0.4 is 5.32 Å². The zero-order valence-corrected chi connectivity index (χ0v) is 21.3. The monoisotopic (exact) mass is 522 g/mol. The Kier molecular flexibility index (Phi) is 5.04. The quantitative estimate of drug-likeness (QED) is 0.465. The fourth-order valence-electron chi connectivity index (χ4n) is 5.89. The van der Waals surface area contributed by atoms with Crippen LogP contribution in [0.5, 0.6) is 0 Å². The van der Waals surface area contributed by atoms with E-state index in [0.29, 0.717) is 37.1 Å². The Balaban J connectivity index is 1.40. The zero-order valence-electron chi connectivity index (χ0n) is 30.3. The van der Waals surface area contributed by atoms with Crippen LogP contribution in [0.2, 0.25) is 0 Å². The summed E-state index contributed by atoms with van der Waals surface area (Å²) in [5.41, 5.74) is 0.512. The van der Waals surface area contributed by atoms with Crippen molar-refractivity contribution in [1.82, 2.24) is 25.0 Å². The number of nitrogens with zero attached hydrogens (tertiary/aromatic N) is 4. The average molecular weight is 523 g/mol. The first-order valence-corrected chi connectivity index (χ1v) is 13.1. The molecule has 1 aromatic heterocycles. The van der Waals surface area contributed by atoms with Crippen LogP contribution in [0.3, 0.4) is 0 Å². The van der Waals surface area contributed by atoms with Gasteiger partial charge < -0.3 is 9.88 Å². The van der Waals surface area contributed by atoms with E-state index in [4.69, 9.17) is 9.60 Å². The molecule has 3 heterocycles. The van der Waals surface area contributed by atoms with Crippen LogP contribution in [0.4, 0.5) is 8.78 Å². The van der Waals surface area contributed by atoms with Crippen LogP contribution >= 0.6 is 0 Å². The van der Waals surface area contributed by atoms with Crippen LogP contribution in [-0.4, -0.2) is 50.1 Å². The minimum absolute atomic E-state index is 0.0753. The van der Waals surface area contributed by atoms with E-state index in [9.17, 15) is 16.3 Å². The maximum Gasteiger partial charge on any atom is 0.248 e. The van der Waals surface area contributed by atoms with Crippen molar-refractivity contribution in [1.29, 1.82) is 0 Å². The SMILES string of the molecule is [2H]C([2H])([2H])c1nnc(C(C)C)n1C1CC2CCC(C1)N2C([2H])([2H])CC(NC(=O)C1C([2H])([2H])CC(F)(F)CC1([2H])[2H])c1ccccc1. The molecule has 3 atom stereocenters. The molecule has 3 aliphatic rings. The summed E-state index contributed by atoms with van der Waals surface area (Å²) in [4.78, 5) is 15.4. The van der Waals surface area contributed by atoms with Crippen LogP contribution in [0.15, 0.2) is 30.3 Å². The summed E-state index contributed by atoms with van der Waals surface area (Å²) in [7, 11) is 0. The molecular weight excluding hydrogens is 472 g/mol. The van der Waals surface area contributed by atoms with Gasteiger partial charge in [0.1, 0.15) is 11.6 Å². The molecule has 3 unspecified atom stereocenters. The molecule has 0 spiro atoms. The van der Waals surface area contributed by atoms with Crippen molar-refractivity contribution in [2.45, 2.75) is 114 Å². The largest absolute Gasteiger partial charge is 0.349 e. The minimum Gasteiger partial charge on any atom is -0.349 e. The van der Waals surface area contributed by atoms with Gasteiger partial charge >= 0.3 is 0 Å². The molecule has 3 fully saturated rings. The Hall–Kier alpha value is -2.35. The molecule has 2 bridgehead atoms. The van der Waals surface area contributed by atoms with E-state index in [1.165, 1.54) is 0 Å². The summed E-state index contributed by atoms with van der Waals surface area (Å²) < 4.78 is 106. The predicted octanol–water partition coefficient (Wildman–Crippen LogP) is 5.95. The van der Waals surface area contributed by atoms with Crippen LogP contribution in [0.1, 0.15) is 119 Å². The van der Waals surface area contributed by atoms with Gasteiger partial charge in [-0.1, -0.05) is 44.2 Å². The fourth-order valence-corrected chi connectivity index (χ4v) is 5.89. The highest BCUT2D eigenvalue weighted by molar-refractivity contribution is 5.79. The van der Waals surface area contributed by atoms with E-state index in [1.807, 2.05) is 13.8 Å². The Morgan fingerprint density at radius 2 is 1.84 bits per heavy atom. The summed E-state index contributed by atoms with van der Waals surface area (Å²) >= 11 is 0. The first-order valence-electron chi connectivity index (χ1n) is 17.6. The third kappa shape index (κ3) is 5.74. The van der Waals surface area contributed by atoms with Crippen LogP contribution in [0, 0.1) is 12.8 Å². The molecule has 1 amide bonds. The summed E-state index contributed by atoms with van der Waals surface area (Å²) in [6.45, 7) is -0.630. The normalized spacial score (nSPS) is 34.0. The molecule has 2 aromatic rings. The lowest BCUT2D eigenvalue weighted by Gasteiger charge is -2.40. The number of carbonyl (C=O) groups is 1. The Morgan fingerprint density at radius 3 is 2.46 bits per heavy atom. The van der Waals surface area contributed by atoms with Gasteiger partial charge in [-0.3, -0.25) is 9.69 Å². The van der Waals surface area contributed by atoms with Gasteiger partial charge in [-0.05, 0) is 57.3 Å². The molecule has 202 valence electrons. The van der Waals surface area contributed by atoms with Crippen LogP contribution in [-0.2, 0) is 4.79 Å². The number of benzene rings is 1. The van der Waals surface area contributed by atoms with E-state index >= 15 is 0 Å². The Labute approximate surface area is 231 Å². The maximum atomic E-state index is 14.2. The van der Waals surface area contributed by atoms with Gasteiger partial charge in [-0.25, -0.2) is 8.78 Å². The highest BCUT2D eigenvalue weighted by Crippen LogP contribution is 2.42. The maximum absolute atomic E-state index is 14.2. The van der Waals surface area contributed by atoms with Gasteiger partial charge in [-0.15, -0.1) is 10.2 Å². The van der Waals surface area contributed by atoms with E-state index in [2.05, 4.69) is 15.5 Å². The number of rotatable bonds is 8. The van der Waals surface area contributed by atoms with Crippen molar-refractivity contribution >= 4 is 5.91 Å². The number of aryl methyl sites for hydroxylation is 1. The molecular formula is C29H41F2N5O. The van der Waals surface area contributed by atoms with E-state index in [1.54, 1.807) is 39.8 Å². The standard InChI is InChI=1S/C29H41F2N5O/c1-19(2)27-34-33-20(3)36(27)25-17-23-9-10-24(18-25)35(23)16-13-26(21-7-5-4-6-8-21)32-28(37)22-11-14-29(30,31)15-12-22/h4-8,19,22-26H,9-18H2,1-3H3,(H,32,37)/i3D3,11D2,12D2,16D2. The number of alkyl halides is 2. The molecule has 1 saturated carbocycles. The number of piperidine rings is 1. The number of amides is 1. The van der Waals surface area contributed by atoms with Gasteiger partial charge in [0.15, 0.2) is 0 Å². The summed E-state index contributed by atoms with van der Waals surface area (Å²) in [6, 6.07) is 6.75. The minimum atomic E-state index is -3.61. The predicted molar refractivity (Wildman–Crippen MR) is 139 cm³/mol. The molecule has 8 heteroatoms. The second-order valence-corrected chi connectivity index (χ2v) is 10.7. The average Bonchev–Trinajstić information content (AvgIpc) is 3.46. The Bertz CT molecular complexity index is 1390. The molecule has 1 aliphatic carbocycles. The Morgan fingerprint density at radius 1 is 1.16 bits per heavy atom. The first kappa shape index (κ1) is 17.3. The van der Waals surface area contributed by atoms with Gasteiger partial charge in [0, 0.05) is 61.6 Å². The summed E-state index contributed by atoms with van der Waals surface area (Å²) in [5, 5.41) is 10.9. The molecule has 0 radical (unpaired) electrons. The van der Waals surface area contributed by atoms with Crippen molar-refractivity contribution in [2.24, 2.45) is 5.92 Å². The molecule has 2 saturated heterocycles. The van der Waals surface area contributed by atoms with Crippen molar-refractivity contribution in [2.75, 3.05) is 6.50 Å². The van der Waals surface area contributed by atoms with Gasteiger partial charge in [0.25, 0.3) is 0 Å². The topological polar surface area (TPSA) is 63.1 Å². The lowest BCUT2D eigenvalue weighted by Crippen LogP contribution is -2.45. The second kappa shape index (κ2) is 10.8. The lowest BCUT2D eigenvalue weighted by atomic mass is 9.86. The number of halogens is 2. The molecule has 1 N–H and O–H groups in total.